The first-order valence-electron chi connectivity index (χ1n) is 12.8. The third-order valence-corrected chi connectivity index (χ3v) is 5.97. The number of sulfonamides is 1. The molecule has 0 saturated heterocycles. The van der Waals surface area contributed by atoms with Gasteiger partial charge in [-0.3, -0.25) is 14.7 Å². The SMILES string of the molecule is CS(=O)(=O)Cl.CS(=O)(=O)Nc1cccc(-c2cnn(-c3cccnc3)c2)n1.Nc1cccc(-c2cnn(-c3cccnc3)c2)n1. The molecule has 0 bridgehead atoms. The lowest BCUT2D eigenvalue weighted by molar-refractivity contribution is 0.606. The largest absolute Gasteiger partial charge is 0.384 e. The van der Waals surface area contributed by atoms with Gasteiger partial charge in [0.1, 0.15) is 11.6 Å². The predicted molar refractivity (Wildman–Crippen MR) is 173 cm³/mol. The first kappa shape index (κ1) is 32.7. The summed E-state index contributed by atoms with van der Waals surface area (Å²) in [5.74, 6) is 0.774. The Morgan fingerprint density at radius 2 is 1.18 bits per heavy atom. The quantitative estimate of drug-likeness (QED) is 0.246. The van der Waals surface area contributed by atoms with E-state index < -0.39 is 19.1 Å². The minimum atomic E-state index is -3.36. The van der Waals surface area contributed by atoms with Crippen molar-refractivity contribution in [3.8, 4) is 33.9 Å². The van der Waals surface area contributed by atoms with Gasteiger partial charge in [0.05, 0.1) is 60.1 Å². The molecule has 0 saturated carbocycles. The van der Waals surface area contributed by atoms with Gasteiger partial charge in [-0.25, -0.2) is 36.2 Å². The minimum Gasteiger partial charge on any atom is -0.384 e. The summed E-state index contributed by atoms with van der Waals surface area (Å²) in [6.45, 7) is 0. The van der Waals surface area contributed by atoms with Crippen LogP contribution in [0.1, 0.15) is 0 Å². The smallest absolute Gasteiger partial charge is 0.230 e. The molecule has 0 amide bonds. The van der Waals surface area contributed by atoms with Crippen molar-refractivity contribution >= 4 is 41.4 Å². The average Bonchev–Trinajstić information content (AvgIpc) is 3.68. The number of pyridine rings is 4. The second-order valence-corrected chi connectivity index (χ2v) is 14.0. The molecule has 6 aromatic rings. The van der Waals surface area contributed by atoms with Crippen LogP contribution in [-0.4, -0.2) is 68.8 Å². The molecule has 6 rings (SSSR count). The Morgan fingerprint density at radius 3 is 1.62 bits per heavy atom. The number of anilines is 2. The maximum atomic E-state index is 11.3. The molecule has 0 unspecified atom stereocenters. The minimum absolute atomic E-state index is 0.272. The number of rotatable bonds is 6. The van der Waals surface area contributed by atoms with Crippen LogP contribution in [0, 0.1) is 0 Å². The molecule has 232 valence electrons. The van der Waals surface area contributed by atoms with E-state index in [1.54, 1.807) is 70.8 Å². The highest BCUT2D eigenvalue weighted by Crippen LogP contribution is 2.20. The highest BCUT2D eigenvalue weighted by atomic mass is 35.7. The zero-order valence-electron chi connectivity index (χ0n) is 23.9. The number of nitrogens with one attached hydrogen (secondary N) is 1. The van der Waals surface area contributed by atoms with Crippen LogP contribution in [0.2, 0.25) is 0 Å². The Bertz CT molecular complexity index is 2060. The van der Waals surface area contributed by atoms with Gasteiger partial charge in [-0.05, 0) is 48.5 Å². The van der Waals surface area contributed by atoms with Crippen molar-refractivity contribution in [2.45, 2.75) is 0 Å². The zero-order chi connectivity index (χ0) is 32.5. The van der Waals surface area contributed by atoms with Crippen LogP contribution in [0.5, 0.6) is 0 Å². The van der Waals surface area contributed by atoms with Gasteiger partial charge in [0, 0.05) is 46.6 Å². The third kappa shape index (κ3) is 10.8. The summed E-state index contributed by atoms with van der Waals surface area (Å²) in [5, 5.41) is 8.55. The van der Waals surface area contributed by atoms with Crippen molar-refractivity contribution in [3.63, 3.8) is 0 Å². The van der Waals surface area contributed by atoms with E-state index in [0.29, 0.717) is 11.5 Å². The molecule has 14 nitrogen and oxygen atoms in total. The molecule has 0 aliphatic heterocycles. The van der Waals surface area contributed by atoms with Crippen LogP contribution in [0.15, 0.2) is 110 Å². The average molecular weight is 667 g/mol. The standard InChI is InChI=1S/C14H13N5O2S.C13H11N5.CH3ClO2S/c1-22(20,21)18-14-6-2-5-13(17-14)11-8-16-19(10-11)12-4-3-7-15-9-12;14-13-5-1-4-12(17-13)10-7-16-18(9-10)11-3-2-6-15-8-11;1-5(2,3)4/h2-10H,1H3,(H,17,18);1-9H,(H2,14,17);1H3. The van der Waals surface area contributed by atoms with Gasteiger partial charge < -0.3 is 5.73 Å². The van der Waals surface area contributed by atoms with Gasteiger partial charge >= 0.3 is 0 Å². The molecule has 0 atom stereocenters. The van der Waals surface area contributed by atoms with E-state index in [0.717, 1.165) is 40.7 Å². The molecule has 0 radical (unpaired) electrons. The first-order valence-corrected chi connectivity index (χ1v) is 17.4. The normalized spacial score (nSPS) is 11.0. The van der Waals surface area contributed by atoms with E-state index in [-0.39, 0.29) is 5.82 Å². The lowest BCUT2D eigenvalue weighted by Gasteiger charge is -2.04. The van der Waals surface area contributed by atoms with Crippen molar-refractivity contribution in [2.75, 3.05) is 23.0 Å². The lowest BCUT2D eigenvalue weighted by Crippen LogP contribution is -2.10. The molecule has 0 spiro atoms. The summed E-state index contributed by atoms with van der Waals surface area (Å²) in [6, 6.07) is 18.2. The van der Waals surface area contributed by atoms with E-state index >= 15 is 0 Å². The Balaban J connectivity index is 0.000000181. The number of halogens is 1. The molecule has 0 fully saturated rings. The van der Waals surface area contributed by atoms with Crippen LogP contribution in [-0.2, 0) is 19.1 Å². The van der Waals surface area contributed by atoms with E-state index in [1.165, 1.54) is 0 Å². The first-order chi connectivity index (χ1) is 21.3. The highest BCUT2D eigenvalue weighted by molar-refractivity contribution is 8.13. The molecule has 17 heteroatoms. The Morgan fingerprint density at radius 1 is 0.689 bits per heavy atom. The van der Waals surface area contributed by atoms with Crippen molar-refractivity contribution in [3.05, 3.63) is 110 Å². The number of nitrogens with zero attached hydrogens (tertiary/aromatic N) is 8. The van der Waals surface area contributed by atoms with Crippen molar-refractivity contribution in [1.29, 1.82) is 0 Å². The molecule has 45 heavy (non-hydrogen) atoms. The van der Waals surface area contributed by atoms with Crippen molar-refractivity contribution in [2.24, 2.45) is 0 Å². The fourth-order valence-electron chi connectivity index (χ4n) is 3.63. The topological polar surface area (TPSA) is 194 Å². The second-order valence-electron chi connectivity index (χ2n) is 9.18. The number of hydrogen-bond acceptors (Lipinski definition) is 11. The third-order valence-electron chi connectivity index (χ3n) is 5.39. The van der Waals surface area contributed by atoms with Crippen LogP contribution in [0.3, 0.4) is 0 Å². The van der Waals surface area contributed by atoms with Crippen molar-refractivity contribution in [1.82, 2.24) is 39.5 Å². The van der Waals surface area contributed by atoms with Gasteiger partial charge in [0.15, 0.2) is 0 Å². The van der Waals surface area contributed by atoms with E-state index in [4.69, 9.17) is 5.73 Å². The molecular formula is C28H27ClN10O4S2. The number of nitrogens with two attached hydrogens (primary N) is 1. The molecular weight excluding hydrogens is 640 g/mol. The summed E-state index contributed by atoms with van der Waals surface area (Å²) in [4.78, 5) is 16.6. The molecule has 0 aliphatic rings. The van der Waals surface area contributed by atoms with E-state index in [1.807, 2.05) is 48.8 Å². The zero-order valence-corrected chi connectivity index (χ0v) is 26.3. The summed E-state index contributed by atoms with van der Waals surface area (Å²) in [6.07, 6.45) is 16.0. The fraction of sp³-hybridized carbons (Fsp3) is 0.0714. The molecule has 6 aromatic heterocycles. The van der Waals surface area contributed by atoms with Gasteiger partial charge in [0.25, 0.3) is 0 Å². The van der Waals surface area contributed by atoms with Crippen LogP contribution in [0.25, 0.3) is 33.9 Å². The Hall–Kier alpha value is -5.19. The summed E-state index contributed by atoms with van der Waals surface area (Å²) in [5.41, 5.74) is 10.5. The molecule has 0 aromatic carbocycles. The predicted octanol–water partition coefficient (Wildman–Crippen LogP) is 3.80. The number of aromatic nitrogens is 8. The van der Waals surface area contributed by atoms with E-state index in [2.05, 4.69) is 45.5 Å². The monoisotopic (exact) mass is 666 g/mol. The number of nitrogen functional groups attached to an aromatic ring is 1. The van der Waals surface area contributed by atoms with Gasteiger partial charge in [-0.1, -0.05) is 12.1 Å². The second kappa shape index (κ2) is 14.5. The Kier molecular flexibility index (Phi) is 10.6. The van der Waals surface area contributed by atoms with Crippen LogP contribution < -0.4 is 10.5 Å². The summed E-state index contributed by atoms with van der Waals surface area (Å²) < 4.78 is 47.1. The summed E-state index contributed by atoms with van der Waals surface area (Å²) >= 11 is 0. The van der Waals surface area contributed by atoms with Crippen molar-refractivity contribution < 1.29 is 16.8 Å². The lowest BCUT2D eigenvalue weighted by atomic mass is 10.2. The van der Waals surface area contributed by atoms with Crippen LogP contribution >= 0.6 is 10.7 Å². The Labute approximate surface area is 264 Å². The fourth-order valence-corrected chi connectivity index (χ4v) is 4.12. The van der Waals surface area contributed by atoms with Gasteiger partial charge in [-0.15, -0.1) is 0 Å². The summed E-state index contributed by atoms with van der Waals surface area (Å²) in [7, 11) is -2.05. The molecule has 6 heterocycles. The van der Waals surface area contributed by atoms with Gasteiger partial charge in [0.2, 0.25) is 19.1 Å². The maximum Gasteiger partial charge on any atom is 0.230 e. The van der Waals surface area contributed by atoms with E-state index in [9.17, 15) is 16.8 Å². The maximum absolute atomic E-state index is 11.3. The van der Waals surface area contributed by atoms with Gasteiger partial charge in [-0.2, -0.15) is 10.2 Å². The molecule has 3 N–H and O–H groups in total. The molecule has 0 aliphatic carbocycles. The number of hydrogen-bond donors (Lipinski definition) is 2. The van der Waals surface area contributed by atoms with Crippen LogP contribution in [0.4, 0.5) is 11.6 Å². The highest BCUT2D eigenvalue weighted by Gasteiger charge is 2.08.